The summed E-state index contributed by atoms with van der Waals surface area (Å²) in [5, 5.41) is 40.7. The number of carbonyl (C=O) groups excluding carboxylic acids is 3. The zero-order chi connectivity index (χ0) is 64.9. The van der Waals surface area contributed by atoms with Crippen LogP contribution < -0.4 is 32.6 Å². The van der Waals surface area contributed by atoms with Gasteiger partial charge in [0.2, 0.25) is 0 Å². The maximum atomic E-state index is 13.7. The molecule has 0 radical (unpaired) electrons. The number of alkyl carbamates (subject to hydrolysis) is 1. The molecule has 32 heteroatoms. The van der Waals surface area contributed by atoms with Crippen molar-refractivity contribution in [3.8, 4) is 51.2 Å². The molecular formula is C59H52N5O24P3. The van der Waals surface area contributed by atoms with Gasteiger partial charge in [-0.2, -0.15) is 8.62 Å². The van der Waals surface area contributed by atoms with Gasteiger partial charge in [0.05, 0.1) is 37.0 Å². The SMILES string of the molecule is O=C(NCc1ccc(C(=O)NCc2c(O)ccc3c(-c4cc(C(=O)NCCOCC#CCc5cn([C@H]6C[C@H](O)[C@@H](COP(=O)(O)OP(=O)(O)OP(=O)(O)O)O6)c(=O)[nH]c5=O)ccc4C(=O)O)c4ccc(=O)cc-4oc23)cc1)OC1c2ccccc2-c2ccccc21. The molecule has 4 aliphatic rings. The lowest BCUT2D eigenvalue weighted by Gasteiger charge is -2.19. The number of phenolic OH excluding ortho intramolecular Hbond substituents is 1. The molecule has 6 aromatic rings. The number of carboxylic acid groups (broad SMARTS) is 1. The number of aromatic carboxylic acids is 1. The van der Waals surface area contributed by atoms with Gasteiger partial charge in [0.1, 0.15) is 36.0 Å². The average Bonchev–Trinajstić information content (AvgIpc) is 1.28. The summed E-state index contributed by atoms with van der Waals surface area (Å²) in [6.07, 6.45) is -4.96. The van der Waals surface area contributed by atoms with E-state index in [-0.39, 0.29) is 113 Å². The third-order valence-electron chi connectivity index (χ3n) is 14.3. The molecule has 3 amide bonds. The van der Waals surface area contributed by atoms with Gasteiger partial charge in [-0.3, -0.25) is 33.3 Å². The molecule has 0 bridgehead atoms. The number of phenols is 1. The van der Waals surface area contributed by atoms with Gasteiger partial charge in [-0.15, -0.1) is 0 Å². The van der Waals surface area contributed by atoms with Gasteiger partial charge in [0.15, 0.2) is 11.5 Å². The van der Waals surface area contributed by atoms with E-state index >= 15 is 0 Å². The fourth-order valence-corrected chi connectivity index (χ4v) is 13.2. The van der Waals surface area contributed by atoms with Crippen LogP contribution in [-0.2, 0) is 60.6 Å². The Morgan fingerprint density at radius 2 is 1.43 bits per heavy atom. The van der Waals surface area contributed by atoms with Gasteiger partial charge in [-0.25, -0.2) is 28.1 Å². The smallest absolute Gasteiger partial charge is 0.490 e. The largest absolute Gasteiger partial charge is 0.507 e. The predicted octanol–water partition coefficient (Wildman–Crippen LogP) is 5.73. The monoisotopic (exact) mass is 1310 g/mol. The number of H-pyrrole nitrogens is 1. The highest BCUT2D eigenvalue weighted by atomic mass is 31.3. The first-order valence-corrected chi connectivity index (χ1v) is 31.7. The number of hydrogen-bond acceptors (Lipinski definition) is 19. The molecule has 29 nitrogen and oxygen atoms in total. The minimum absolute atomic E-state index is 0.00267. The summed E-state index contributed by atoms with van der Waals surface area (Å²) in [5.41, 5.74) is 2.69. The molecule has 11 N–H and O–H groups in total. The molecule has 5 aromatic carbocycles. The van der Waals surface area contributed by atoms with Crippen molar-refractivity contribution in [3.63, 3.8) is 0 Å². The number of aliphatic hydroxyl groups excluding tert-OH is 1. The molecule has 5 atom stereocenters. The number of phosphoric ester groups is 1. The van der Waals surface area contributed by atoms with Crippen LogP contribution in [0, 0.1) is 11.8 Å². The number of rotatable bonds is 22. The Kier molecular flexibility index (Phi) is 19.3. The highest BCUT2D eigenvalue weighted by Crippen LogP contribution is 2.66. The number of benzene rings is 6. The van der Waals surface area contributed by atoms with Crippen LogP contribution in [0.2, 0.25) is 0 Å². The lowest BCUT2D eigenvalue weighted by Crippen LogP contribution is -2.34. The van der Waals surface area contributed by atoms with Crippen LogP contribution in [-0.4, -0.2) is 107 Å². The summed E-state index contributed by atoms with van der Waals surface area (Å²) in [6, 6.07) is 32.4. The van der Waals surface area contributed by atoms with Crippen LogP contribution >= 0.6 is 23.5 Å². The maximum absolute atomic E-state index is 13.7. The summed E-state index contributed by atoms with van der Waals surface area (Å²) in [4.78, 5) is 130. The van der Waals surface area contributed by atoms with E-state index in [1.165, 1.54) is 48.5 Å². The van der Waals surface area contributed by atoms with Crippen LogP contribution in [0.5, 0.6) is 5.75 Å². The second kappa shape index (κ2) is 27.1. The Hall–Kier alpha value is -9.20. The van der Waals surface area contributed by atoms with Crippen LogP contribution in [0.3, 0.4) is 0 Å². The van der Waals surface area contributed by atoms with E-state index in [2.05, 4.69) is 45.9 Å². The number of phosphoric acid groups is 3. The Labute approximate surface area is 512 Å². The normalized spacial score (nSPS) is 16.6. The Morgan fingerprint density at radius 1 is 0.736 bits per heavy atom. The number of aromatic nitrogens is 2. The highest BCUT2D eigenvalue weighted by Gasteiger charge is 2.43. The zero-order valence-corrected chi connectivity index (χ0v) is 49.6. The first-order chi connectivity index (χ1) is 43.3. The summed E-state index contributed by atoms with van der Waals surface area (Å²) in [5.74, 6) is 2.51. The number of aliphatic hydroxyl groups is 1. The standard InChI is InChI=1S/C59H52N5O24P3/c65-36-17-19-42-48(26-36)85-53-43(20-21-46(66)45(53)29-61-54(68)33-14-12-32(13-15-33)28-62-59(74)86-52-39-10-3-1-8-37(39)38-9-2-4-11-40(38)52)51(42)44-25-34(16-18-41(44)57(71)72)55(69)60-22-24-82-23-6-5-7-35-30-64(58(73)63-56(35)70)50-27-47(67)49(84-50)31-83-90(78,79)88-91(80,81)87-89(75,76)77/h1-4,8-21,25-26,30,47,49-50,52,66-67H,7,22-24,27-29,31H2,(H,60,69)(H,61,68)(H,62,74)(H,71,72)(H,78,79)(H,80,81)(H,63,70,73)(H2,75,76,77)/t47-,49+,50+/m0/s1. The Balaban J connectivity index is 0.751. The van der Waals surface area contributed by atoms with Crippen LogP contribution in [0.4, 0.5) is 4.79 Å². The van der Waals surface area contributed by atoms with Gasteiger partial charge >= 0.3 is 41.2 Å². The number of aromatic hydroxyl groups is 1. The molecule has 1 aromatic heterocycles. The third kappa shape index (κ3) is 15.3. The molecule has 0 saturated carbocycles. The lowest BCUT2D eigenvalue weighted by atomic mass is 9.88. The molecule has 3 heterocycles. The van der Waals surface area contributed by atoms with E-state index in [4.69, 9.17) is 28.4 Å². The minimum Gasteiger partial charge on any atom is -0.507 e. The third-order valence-corrected chi connectivity index (χ3v) is 18.1. The van der Waals surface area contributed by atoms with Gasteiger partial charge in [0, 0.05) is 82.5 Å². The quantitative estimate of drug-likeness (QED) is 0.0167. The fraction of sp³-hybridized carbons (Fsp3) is 0.203. The number of ether oxygens (including phenoxy) is 3. The molecule has 1 fully saturated rings. The molecule has 472 valence electrons. The van der Waals surface area contributed by atoms with E-state index in [0.717, 1.165) is 33.0 Å². The maximum Gasteiger partial charge on any atom is 0.490 e. The highest BCUT2D eigenvalue weighted by molar-refractivity contribution is 7.66. The van der Waals surface area contributed by atoms with E-state index in [0.29, 0.717) is 5.56 Å². The van der Waals surface area contributed by atoms with Crippen molar-refractivity contribution in [1.82, 2.24) is 25.5 Å². The lowest BCUT2D eigenvalue weighted by molar-refractivity contribution is -0.0450. The average molecular weight is 1310 g/mol. The Bertz CT molecular complexity index is 4510. The van der Waals surface area contributed by atoms with Crippen LogP contribution in [0.25, 0.3) is 44.5 Å². The van der Waals surface area contributed by atoms with Gasteiger partial charge in [0.25, 0.3) is 17.4 Å². The van der Waals surface area contributed by atoms with Gasteiger partial charge in [-0.05, 0) is 76.9 Å². The van der Waals surface area contributed by atoms with E-state index in [1.54, 1.807) is 24.3 Å². The molecule has 91 heavy (non-hydrogen) atoms. The van der Waals surface area contributed by atoms with E-state index < -0.39 is 95.2 Å². The van der Waals surface area contributed by atoms with Crippen molar-refractivity contribution in [1.29, 1.82) is 0 Å². The Morgan fingerprint density at radius 3 is 2.13 bits per heavy atom. The van der Waals surface area contributed by atoms with Crippen molar-refractivity contribution in [2.75, 3.05) is 26.4 Å². The molecule has 1 saturated heterocycles. The molecule has 2 aliphatic heterocycles. The predicted molar refractivity (Wildman–Crippen MR) is 318 cm³/mol. The zero-order valence-electron chi connectivity index (χ0n) is 47.0. The fourth-order valence-electron chi connectivity index (χ4n) is 10.2. The molecule has 10 rings (SSSR count). The molecule has 0 spiro atoms. The molecule has 2 aliphatic carbocycles. The van der Waals surface area contributed by atoms with E-state index in [1.807, 2.05) is 48.5 Å². The topological polar surface area (TPSA) is 438 Å². The number of carboxylic acids is 1. The summed E-state index contributed by atoms with van der Waals surface area (Å²) in [6.45, 7) is -1.59. The second-order valence-corrected chi connectivity index (χ2v) is 24.7. The van der Waals surface area contributed by atoms with E-state index in [9.17, 15) is 72.4 Å². The van der Waals surface area contributed by atoms with Crippen molar-refractivity contribution < 1.29 is 99.5 Å². The van der Waals surface area contributed by atoms with Gasteiger partial charge < -0.3 is 69.5 Å². The molecule has 2 unspecified atom stereocenters. The van der Waals surface area contributed by atoms with Crippen molar-refractivity contribution in [2.45, 2.75) is 50.5 Å². The first-order valence-electron chi connectivity index (χ1n) is 27.2. The van der Waals surface area contributed by atoms with Crippen LogP contribution in [0.1, 0.15) is 77.6 Å². The summed E-state index contributed by atoms with van der Waals surface area (Å²) in [7, 11) is -17.1. The first kappa shape index (κ1) is 64.8. The van der Waals surface area contributed by atoms with Crippen molar-refractivity contribution in [3.05, 3.63) is 203 Å². The van der Waals surface area contributed by atoms with Crippen molar-refractivity contribution >= 4 is 58.3 Å². The molecular weight excluding hydrogens is 1260 g/mol. The second-order valence-electron chi connectivity index (χ2n) is 20.3. The number of aromatic amines is 1. The number of nitrogens with one attached hydrogen (secondary N) is 4. The van der Waals surface area contributed by atoms with Gasteiger partial charge in [-0.1, -0.05) is 72.5 Å². The number of carbonyl (C=O) groups is 4. The summed E-state index contributed by atoms with van der Waals surface area (Å²) >= 11 is 0. The minimum atomic E-state index is -5.83. The number of fused-ring (bicyclic) bond motifs is 5. The summed E-state index contributed by atoms with van der Waals surface area (Å²) < 4.78 is 70.6. The number of nitrogens with zero attached hydrogens (tertiary/aromatic N) is 1. The number of hydrogen-bond donors (Lipinski definition) is 11. The van der Waals surface area contributed by atoms with Crippen LogP contribution in [0.15, 0.2) is 146 Å². The number of amides is 3. The van der Waals surface area contributed by atoms with Crippen molar-refractivity contribution in [2.24, 2.45) is 0 Å².